The van der Waals surface area contributed by atoms with Crippen molar-refractivity contribution in [1.29, 1.82) is 0 Å². The van der Waals surface area contributed by atoms with Crippen LogP contribution in [0.15, 0.2) is 18.3 Å². The molecule has 0 saturated heterocycles. The van der Waals surface area contributed by atoms with Crippen LogP contribution in [0.4, 0.5) is 0 Å². The van der Waals surface area contributed by atoms with Crippen molar-refractivity contribution < 1.29 is 0 Å². The van der Waals surface area contributed by atoms with Gasteiger partial charge in [0.1, 0.15) is 0 Å². The number of pyridine rings is 1. The van der Waals surface area contributed by atoms with E-state index < -0.39 is 0 Å². The highest BCUT2D eigenvalue weighted by Gasteiger charge is 2.08. The summed E-state index contributed by atoms with van der Waals surface area (Å²) in [6.45, 7) is 1.78. The lowest BCUT2D eigenvalue weighted by Crippen LogP contribution is -2.11. The van der Waals surface area contributed by atoms with Gasteiger partial charge in [-0.15, -0.1) is 11.8 Å². The van der Waals surface area contributed by atoms with Gasteiger partial charge < -0.3 is 5.73 Å². The average molecular weight is 195 g/mol. The Labute approximate surface area is 83.1 Å². The van der Waals surface area contributed by atoms with Gasteiger partial charge in [-0.3, -0.25) is 4.98 Å². The van der Waals surface area contributed by atoms with Crippen molar-refractivity contribution in [3.63, 3.8) is 0 Å². The van der Waals surface area contributed by atoms with Crippen LogP contribution in [0.2, 0.25) is 5.02 Å². The zero-order chi connectivity index (χ0) is 9.68. The molecule has 0 amide bonds. The molecule has 1 aromatic heterocycles. The van der Waals surface area contributed by atoms with E-state index in [4.69, 9.17) is 17.3 Å². The number of halogens is 1. The van der Waals surface area contributed by atoms with Crippen LogP contribution in [0.25, 0.3) is 0 Å². The molecule has 68 valence electrons. The Bertz CT molecular complexity index is 338. The summed E-state index contributed by atoms with van der Waals surface area (Å²) in [7, 11) is 0. The van der Waals surface area contributed by atoms with Crippen molar-refractivity contribution >= 4 is 11.6 Å². The number of nitrogens with two attached hydrogens (primary N) is 1. The molecule has 1 atom stereocenters. The van der Waals surface area contributed by atoms with Crippen LogP contribution in [0.5, 0.6) is 0 Å². The zero-order valence-corrected chi connectivity index (χ0v) is 8.17. The molecule has 1 heterocycles. The maximum atomic E-state index is 5.91. The van der Waals surface area contributed by atoms with Gasteiger partial charge in [-0.1, -0.05) is 11.6 Å². The Morgan fingerprint density at radius 2 is 2.46 bits per heavy atom. The summed E-state index contributed by atoms with van der Waals surface area (Å²) in [6.07, 6.45) is 2.27. The second-order valence-electron chi connectivity index (χ2n) is 2.61. The smallest absolute Gasteiger partial charge is 0.0766 e. The van der Waals surface area contributed by atoms with Crippen molar-refractivity contribution in [2.24, 2.45) is 5.73 Å². The maximum absolute atomic E-state index is 5.91. The highest BCUT2D eigenvalue weighted by Crippen LogP contribution is 2.19. The second-order valence-corrected chi connectivity index (χ2v) is 3.02. The number of aromatic nitrogens is 1. The summed E-state index contributed by atoms with van der Waals surface area (Å²) < 4.78 is 0. The lowest BCUT2D eigenvalue weighted by molar-refractivity contribution is 0.725. The number of hydrogen-bond acceptors (Lipinski definition) is 2. The van der Waals surface area contributed by atoms with Crippen LogP contribution >= 0.6 is 11.6 Å². The standard InChI is InChI=1S/C10H11ClN2/c1-2-3-6-9(12)10-8(11)5-4-7-13-10/h4-5,7,9H,6,12H2,1H3. The predicted molar refractivity (Wildman–Crippen MR) is 54.2 cm³/mol. The Kier molecular flexibility index (Phi) is 3.75. The topological polar surface area (TPSA) is 38.9 Å². The molecule has 3 heteroatoms. The van der Waals surface area contributed by atoms with E-state index in [0.29, 0.717) is 17.1 Å². The summed E-state index contributed by atoms with van der Waals surface area (Å²) in [5.41, 5.74) is 6.55. The Morgan fingerprint density at radius 1 is 1.69 bits per heavy atom. The summed E-state index contributed by atoms with van der Waals surface area (Å²) in [6, 6.07) is 3.37. The van der Waals surface area contributed by atoms with Crippen LogP contribution in [-0.2, 0) is 0 Å². The van der Waals surface area contributed by atoms with Crippen LogP contribution in [-0.4, -0.2) is 4.98 Å². The zero-order valence-electron chi connectivity index (χ0n) is 7.42. The van der Waals surface area contributed by atoms with Gasteiger partial charge in [-0.25, -0.2) is 0 Å². The highest BCUT2D eigenvalue weighted by molar-refractivity contribution is 6.31. The molecule has 1 aromatic rings. The van der Waals surface area contributed by atoms with Crippen LogP contribution in [0.1, 0.15) is 25.1 Å². The molecule has 0 aromatic carbocycles. The summed E-state index contributed by atoms with van der Waals surface area (Å²) in [5.74, 6) is 5.69. The minimum absolute atomic E-state index is 0.193. The first-order valence-electron chi connectivity index (χ1n) is 4.01. The number of hydrogen-bond donors (Lipinski definition) is 1. The first-order chi connectivity index (χ1) is 6.25. The predicted octanol–water partition coefficient (Wildman–Crippen LogP) is 2.15. The Balaban J connectivity index is 2.80. The molecule has 0 saturated carbocycles. The minimum atomic E-state index is -0.193. The van der Waals surface area contributed by atoms with E-state index in [-0.39, 0.29) is 6.04 Å². The molecule has 2 nitrogen and oxygen atoms in total. The lowest BCUT2D eigenvalue weighted by Gasteiger charge is -2.08. The van der Waals surface area contributed by atoms with E-state index in [2.05, 4.69) is 16.8 Å². The third-order valence-corrected chi connectivity index (χ3v) is 1.96. The highest BCUT2D eigenvalue weighted by atomic mass is 35.5. The van der Waals surface area contributed by atoms with Gasteiger partial charge in [-0.05, 0) is 19.1 Å². The summed E-state index contributed by atoms with van der Waals surface area (Å²) >= 11 is 5.91. The Hall–Kier alpha value is -1.04. The molecule has 0 radical (unpaired) electrons. The Morgan fingerprint density at radius 3 is 3.08 bits per heavy atom. The van der Waals surface area contributed by atoms with Crippen LogP contribution in [0, 0.1) is 11.8 Å². The van der Waals surface area contributed by atoms with Gasteiger partial charge in [0.25, 0.3) is 0 Å². The van der Waals surface area contributed by atoms with Crippen molar-refractivity contribution in [3.05, 3.63) is 29.0 Å². The molecule has 1 unspecified atom stereocenters. The quantitative estimate of drug-likeness (QED) is 0.733. The van der Waals surface area contributed by atoms with Gasteiger partial charge in [0.05, 0.1) is 16.8 Å². The fourth-order valence-electron chi connectivity index (χ4n) is 0.979. The van der Waals surface area contributed by atoms with Gasteiger partial charge in [0, 0.05) is 12.6 Å². The summed E-state index contributed by atoms with van der Waals surface area (Å²) in [5, 5.41) is 0.605. The average Bonchev–Trinajstić information content (AvgIpc) is 2.15. The SMILES string of the molecule is CC#CCC(N)c1ncccc1Cl. The molecule has 0 bridgehead atoms. The third-order valence-electron chi connectivity index (χ3n) is 1.64. The van der Waals surface area contributed by atoms with Crippen LogP contribution < -0.4 is 5.73 Å². The van der Waals surface area contributed by atoms with E-state index in [1.807, 2.05) is 0 Å². The fourth-order valence-corrected chi connectivity index (χ4v) is 1.24. The normalized spacial score (nSPS) is 11.6. The molecule has 13 heavy (non-hydrogen) atoms. The number of rotatable bonds is 2. The van der Waals surface area contributed by atoms with Crippen molar-refractivity contribution in [2.45, 2.75) is 19.4 Å². The molecule has 1 rings (SSSR count). The first kappa shape index (κ1) is 10.0. The van der Waals surface area contributed by atoms with E-state index in [1.54, 1.807) is 25.3 Å². The number of nitrogens with zero attached hydrogens (tertiary/aromatic N) is 1. The minimum Gasteiger partial charge on any atom is -0.322 e. The van der Waals surface area contributed by atoms with Crippen LogP contribution in [0.3, 0.4) is 0 Å². The summed E-state index contributed by atoms with van der Waals surface area (Å²) in [4.78, 5) is 4.11. The molecule has 0 fully saturated rings. The van der Waals surface area contributed by atoms with E-state index in [0.717, 1.165) is 0 Å². The van der Waals surface area contributed by atoms with Gasteiger partial charge >= 0.3 is 0 Å². The van der Waals surface area contributed by atoms with E-state index in [9.17, 15) is 0 Å². The molecule has 0 aliphatic heterocycles. The van der Waals surface area contributed by atoms with Crippen molar-refractivity contribution in [1.82, 2.24) is 4.98 Å². The van der Waals surface area contributed by atoms with Gasteiger partial charge in [0.2, 0.25) is 0 Å². The lowest BCUT2D eigenvalue weighted by atomic mass is 10.1. The molecule has 0 aliphatic rings. The van der Waals surface area contributed by atoms with E-state index in [1.165, 1.54) is 0 Å². The maximum Gasteiger partial charge on any atom is 0.0766 e. The first-order valence-corrected chi connectivity index (χ1v) is 4.39. The van der Waals surface area contributed by atoms with Gasteiger partial charge in [-0.2, -0.15) is 0 Å². The molecular weight excluding hydrogens is 184 g/mol. The fraction of sp³-hybridized carbons (Fsp3) is 0.300. The molecule has 2 N–H and O–H groups in total. The molecular formula is C10H11ClN2. The largest absolute Gasteiger partial charge is 0.322 e. The molecule has 0 aliphatic carbocycles. The van der Waals surface area contributed by atoms with Crippen molar-refractivity contribution in [2.75, 3.05) is 0 Å². The third kappa shape index (κ3) is 2.73. The van der Waals surface area contributed by atoms with E-state index >= 15 is 0 Å². The second kappa shape index (κ2) is 4.86. The monoisotopic (exact) mass is 194 g/mol. The molecule has 0 spiro atoms. The van der Waals surface area contributed by atoms with Crippen molar-refractivity contribution in [3.8, 4) is 11.8 Å². The van der Waals surface area contributed by atoms with Gasteiger partial charge in [0.15, 0.2) is 0 Å².